The second-order valence-corrected chi connectivity index (χ2v) is 13.8. The first-order valence-corrected chi connectivity index (χ1v) is 15.9. The van der Waals surface area contributed by atoms with Crippen molar-refractivity contribution in [2.75, 3.05) is 24.7 Å². The lowest BCUT2D eigenvalue weighted by atomic mass is 9.53. The third kappa shape index (κ3) is 4.72. The summed E-state index contributed by atoms with van der Waals surface area (Å²) < 4.78 is 13.8. The zero-order valence-electron chi connectivity index (χ0n) is 24.2. The van der Waals surface area contributed by atoms with Crippen LogP contribution in [-0.4, -0.2) is 45.4 Å². The highest BCUT2D eigenvalue weighted by Crippen LogP contribution is 2.58. The maximum atomic E-state index is 14.2. The minimum absolute atomic E-state index is 0.0199. The van der Waals surface area contributed by atoms with Crippen LogP contribution in [0, 0.1) is 11.3 Å². The van der Waals surface area contributed by atoms with Gasteiger partial charge in [0, 0.05) is 54.9 Å². The van der Waals surface area contributed by atoms with Gasteiger partial charge in [0.25, 0.3) is 0 Å². The molecule has 3 aromatic rings. The van der Waals surface area contributed by atoms with E-state index in [-0.39, 0.29) is 22.7 Å². The third-order valence-corrected chi connectivity index (χ3v) is 10.8. The molecule has 5 saturated carbocycles. The van der Waals surface area contributed by atoms with Crippen LogP contribution >= 0.6 is 0 Å². The molecule has 6 fully saturated rings. The summed E-state index contributed by atoms with van der Waals surface area (Å²) in [6.07, 6.45) is 15.3. The van der Waals surface area contributed by atoms with Gasteiger partial charge in [0.05, 0.1) is 18.2 Å². The predicted octanol–water partition coefficient (Wildman–Crippen LogP) is 6.28. The predicted molar refractivity (Wildman–Crippen MR) is 155 cm³/mol. The van der Waals surface area contributed by atoms with Crippen LogP contribution in [0.15, 0.2) is 35.0 Å². The molecule has 0 N–H and O–H groups in total. The first-order chi connectivity index (χ1) is 20.0. The molecule has 6 aliphatic rings. The number of rotatable bonds is 8. The molecule has 2 aromatic heterocycles. The van der Waals surface area contributed by atoms with Crippen molar-refractivity contribution in [1.29, 1.82) is 0 Å². The zero-order valence-corrected chi connectivity index (χ0v) is 24.2. The van der Waals surface area contributed by atoms with Gasteiger partial charge in [-0.25, -0.2) is 4.98 Å². The van der Waals surface area contributed by atoms with Crippen molar-refractivity contribution >= 4 is 11.6 Å². The molecule has 216 valence electrons. The number of ether oxygens (including phenoxy) is 1. The minimum Gasteiger partial charge on any atom is -0.381 e. The fraction of sp³-hybridized carbons (Fsp3) is 0.636. The molecule has 1 atom stereocenters. The van der Waals surface area contributed by atoms with Crippen LogP contribution in [0.25, 0.3) is 11.3 Å². The Labute approximate surface area is 241 Å². The molecule has 5 aliphatic carbocycles. The molecule has 1 saturated heterocycles. The van der Waals surface area contributed by atoms with E-state index in [1.54, 1.807) is 0 Å². The number of aryl methyl sites for hydroxylation is 1. The summed E-state index contributed by atoms with van der Waals surface area (Å²) in [6.45, 7) is 2.04. The van der Waals surface area contributed by atoms with Crippen molar-refractivity contribution in [1.82, 2.24) is 19.7 Å². The standard InChI is InChI=1S/C33H41N5O3/c1-37-19-27(34-29(37)23-9-10-23)24-4-2-6-26(18-24)38(30(39)25-5-3-17-40-20-25)21-32-11-14-33(15-12-32,16-13-32)31-35-28(36-41-31)22-7-8-22/h2,4,6,18-19,22-23,25H,3,5,7-17,20-21H2,1H3. The van der Waals surface area contributed by atoms with Gasteiger partial charge in [-0.05, 0) is 94.6 Å². The molecule has 8 nitrogen and oxygen atoms in total. The number of aromatic nitrogens is 4. The van der Waals surface area contributed by atoms with Crippen molar-refractivity contribution < 1.29 is 14.1 Å². The Morgan fingerprint density at radius 1 is 1.02 bits per heavy atom. The maximum absolute atomic E-state index is 14.2. The number of carbonyl (C=O) groups excluding carboxylic acids is 1. The lowest BCUT2D eigenvalue weighted by Gasteiger charge is -2.53. The summed E-state index contributed by atoms with van der Waals surface area (Å²) in [5.74, 6) is 4.21. The molecule has 1 aliphatic heterocycles. The number of imidazole rings is 1. The van der Waals surface area contributed by atoms with Gasteiger partial charge in [0.15, 0.2) is 5.82 Å². The number of fused-ring (bicyclic) bond motifs is 3. The van der Waals surface area contributed by atoms with E-state index in [1.807, 2.05) is 0 Å². The number of hydrogen-bond acceptors (Lipinski definition) is 6. The van der Waals surface area contributed by atoms with Crippen molar-refractivity contribution in [3.8, 4) is 11.3 Å². The summed E-state index contributed by atoms with van der Waals surface area (Å²) >= 11 is 0. The monoisotopic (exact) mass is 555 g/mol. The summed E-state index contributed by atoms with van der Waals surface area (Å²) in [6, 6.07) is 8.51. The van der Waals surface area contributed by atoms with Gasteiger partial charge in [0.1, 0.15) is 5.82 Å². The van der Waals surface area contributed by atoms with E-state index in [9.17, 15) is 4.79 Å². The fourth-order valence-corrected chi connectivity index (χ4v) is 7.74. The second-order valence-electron chi connectivity index (χ2n) is 13.8. The molecular weight excluding hydrogens is 514 g/mol. The largest absolute Gasteiger partial charge is 0.381 e. The van der Waals surface area contributed by atoms with E-state index in [4.69, 9.17) is 19.2 Å². The van der Waals surface area contributed by atoms with Gasteiger partial charge in [-0.15, -0.1) is 0 Å². The van der Waals surface area contributed by atoms with Gasteiger partial charge >= 0.3 is 0 Å². The lowest BCUT2D eigenvalue weighted by molar-refractivity contribution is -0.127. The van der Waals surface area contributed by atoms with Crippen molar-refractivity contribution in [2.45, 2.75) is 94.3 Å². The topological polar surface area (TPSA) is 86.3 Å². The SMILES string of the molecule is Cn1cc(-c2cccc(N(CC34CCC(c5nc(C6CC6)no5)(CC3)CC4)C(=O)C3CCCOC3)c2)nc1C1CC1. The smallest absolute Gasteiger partial charge is 0.232 e. The van der Waals surface area contributed by atoms with E-state index < -0.39 is 0 Å². The van der Waals surface area contributed by atoms with E-state index in [1.165, 1.54) is 31.5 Å². The number of benzene rings is 1. The number of anilines is 1. The summed E-state index contributed by atoms with van der Waals surface area (Å²) in [5, 5.41) is 4.34. The first kappa shape index (κ1) is 25.7. The van der Waals surface area contributed by atoms with Gasteiger partial charge in [0.2, 0.25) is 11.8 Å². The highest BCUT2D eigenvalue weighted by atomic mass is 16.5. The molecule has 8 heteroatoms. The van der Waals surface area contributed by atoms with Gasteiger partial charge in [-0.3, -0.25) is 4.79 Å². The van der Waals surface area contributed by atoms with Crippen LogP contribution in [0.3, 0.4) is 0 Å². The molecule has 0 radical (unpaired) electrons. The quantitative estimate of drug-likeness (QED) is 0.325. The normalized spacial score (nSPS) is 29.5. The van der Waals surface area contributed by atoms with Gasteiger partial charge < -0.3 is 18.7 Å². The van der Waals surface area contributed by atoms with Gasteiger partial charge in [-0.2, -0.15) is 4.98 Å². The third-order valence-electron chi connectivity index (χ3n) is 10.8. The molecule has 0 spiro atoms. The van der Waals surface area contributed by atoms with E-state index >= 15 is 0 Å². The molecule has 2 bridgehead atoms. The minimum atomic E-state index is -0.0781. The summed E-state index contributed by atoms with van der Waals surface area (Å²) in [5.41, 5.74) is 3.19. The van der Waals surface area contributed by atoms with Crippen molar-refractivity contribution in [2.24, 2.45) is 18.4 Å². The number of hydrogen-bond donors (Lipinski definition) is 0. The fourth-order valence-electron chi connectivity index (χ4n) is 7.74. The Kier molecular flexibility index (Phi) is 6.13. The molecule has 1 amide bonds. The average molecular weight is 556 g/mol. The molecule has 3 heterocycles. The Morgan fingerprint density at radius 2 is 1.80 bits per heavy atom. The molecular formula is C33H41N5O3. The molecule has 41 heavy (non-hydrogen) atoms. The Bertz CT molecular complexity index is 1420. The van der Waals surface area contributed by atoms with Crippen molar-refractivity contribution in [3.63, 3.8) is 0 Å². The molecule has 9 rings (SSSR count). The van der Waals surface area contributed by atoms with Crippen LogP contribution in [0.4, 0.5) is 5.69 Å². The molecule has 1 aromatic carbocycles. The highest BCUT2D eigenvalue weighted by Gasteiger charge is 2.53. The Balaban J connectivity index is 1.06. The second kappa shape index (κ2) is 9.79. The van der Waals surface area contributed by atoms with E-state index in [2.05, 4.69) is 52.1 Å². The van der Waals surface area contributed by atoms with Crippen LogP contribution < -0.4 is 4.90 Å². The van der Waals surface area contributed by atoms with Crippen LogP contribution in [0.5, 0.6) is 0 Å². The first-order valence-electron chi connectivity index (χ1n) is 15.9. The van der Waals surface area contributed by atoms with E-state index in [0.29, 0.717) is 18.4 Å². The Hall–Kier alpha value is -3.00. The zero-order chi connectivity index (χ0) is 27.6. The number of carbonyl (C=O) groups is 1. The Morgan fingerprint density at radius 3 is 2.51 bits per heavy atom. The van der Waals surface area contributed by atoms with Crippen molar-refractivity contribution in [3.05, 3.63) is 48.0 Å². The van der Waals surface area contributed by atoms with Crippen LogP contribution in [0.2, 0.25) is 0 Å². The van der Waals surface area contributed by atoms with Crippen LogP contribution in [-0.2, 0) is 22.0 Å². The molecule has 1 unspecified atom stereocenters. The lowest BCUT2D eigenvalue weighted by Crippen LogP contribution is -2.52. The number of amides is 1. The van der Waals surface area contributed by atoms with E-state index in [0.717, 1.165) is 93.2 Å². The van der Waals surface area contributed by atoms with Crippen LogP contribution in [0.1, 0.15) is 106 Å². The summed E-state index contributed by atoms with van der Waals surface area (Å²) in [7, 11) is 2.10. The average Bonchev–Trinajstić information content (AvgIpc) is 3.97. The summed E-state index contributed by atoms with van der Waals surface area (Å²) in [4.78, 5) is 26.2. The maximum Gasteiger partial charge on any atom is 0.232 e. The highest BCUT2D eigenvalue weighted by molar-refractivity contribution is 5.96. The van der Waals surface area contributed by atoms with Gasteiger partial charge in [-0.1, -0.05) is 17.3 Å². The number of nitrogens with zero attached hydrogens (tertiary/aromatic N) is 5.